The van der Waals surface area contributed by atoms with Gasteiger partial charge in [0, 0.05) is 44.6 Å². The van der Waals surface area contributed by atoms with Crippen molar-refractivity contribution in [3.8, 4) is 0 Å². The average Bonchev–Trinajstić information content (AvgIpc) is 2.62. The Kier molecular flexibility index (Phi) is 2.66. The molecule has 0 unspecified atom stereocenters. The summed E-state index contributed by atoms with van der Waals surface area (Å²) < 4.78 is 0. The highest BCUT2D eigenvalue weighted by Gasteiger charge is 2.13. The Hall–Kier alpha value is -0.800. The summed E-state index contributed by atoms with van der Waals surface area (Å²) in [6, 6.07) is 4.21. The summed E-state index contributed by atoms with van der Waals surface area (Å²) in [5.41, 5.74) is 1.32. The molecule has 1 fully saturated rings. The van der Waals surface area contributed by atoms with Gasteiger partial charge in [0.25, 0.3) is 0 Å². The lowest BCUT2D eigenvalue weighted by Crippen LogP contribution is -2.43. The standard InChI is InChI=1S/C10H17N3/c1-12-5-7-13(8-6-12)9-10-3-2-4-11-10/h2-4,11H,5-9H2,1H3. The van der Waals surface area contributed by atoms with E-state index in [1.165, 1.54) is 31.9 Å². The van der Waals surface area contributed by atoms with Crippen LogP contribution in [0.4, 0.5) is 0 Å². The van der Waals surface area contributed by atoms with Gasteiger partial charge in [0.2, 0.25) is 0 Å². The molecule has 0 amide bonds. The Labute approximate surface area is 79.3 Å². The van der Waals surface area contributed by atoms with E-state index in [0.29, 0.717) is 0 Å². The summed E-state index contributed by atoms with van der Waals surface area (Å²) in [7, 11) is 2.19. The van der Waals surface area contributed by atoms with Crippen molar-refractivity contribution in [3.05, 3.63) is 24.0 Å². The van der Waals surface area contributed by atoms with E-state index in [-0.39, 0.29) is 0 Å². The second kappa shape index (κ2) is 3.94. The molecule has 0 atom stereocenters. The van der Waals surface area contributed by atoms with Gasteiger partial charge in [-0.2, -0.15) is 0 Å². The van der Waals surface area contributed by atoms with Gasteiger partial charge in [-0.15, -0.1) is 0 Å². The summed E-state index contributed by atoms with van der Waals surface area (Å²) in [6.07, 6.45) is 1.99. The smallest absolute Gasteiger partial charge is 0.0386 e. The van der Waals surface area contributed by atoms with Crippen molar-refractivity contribution in [3.63, 3.8) is 0 Å². The number of likely N-dealkylation sites (N-methyl/N-ethyl adjacent to an activating group) is 1. The summed E-state index contributed by atoms with van der Waals surface area (Å²) in [4.78, 5) is 8.11. The molecule has 72 valence electrons. The Bertz CT molecular complexity index is 235. The number of nitrogens with zero attached hydrogens (tertiary/aromatic N) is 2. The van der Waals surface area contributed by atoms with Crippen molar-refractivity contribution in [2.45, 2.75) is 6.54 Å². The largest absolute Gasteiger partial charge is 0.364 e. The predicted octanol–water partition coefficient (Wildman–Crippen LogP) is 0.762. The molecule has 2 rings (SSSR count). The van der Waals surface area contributed by atoms with Crippen molar-refractivity contribution < 1.29 is 0 Å². The van der Waals surface area contributed by atoms with E-state index in [1.807, 2.05) is 6.20 Å². The van der Waals surface area contributed by atoms with Crippen LogP contribution in [0.1, 0.15) is 5.69 Å². The van der Waals surface area contributed by atoms with Crippen molar-refractivity contribution in [2.24, 2.45) is 0 Å². The lowest BCUT2D eigenvalue weighted by atomic mass is 10.3. The molecule has 1 aliphatic rings. The molecule has 0 radical (unpaired) electrons. The first kappa shape index (κ1) is 8.78. The zero-order chi connectivity index (χ0) is 9.10. The van der Waals surface area contributed by atoms with Crippen LogP contribution < -0.4 is 0 Å². The van der Waals surface area contributed by atoms with Crippen LogP contribution in [0.5, 0.6) is 0 Å². The van der Waals surface area contributed by atoms with Crippen LogP contribution in [0.3, 0.4) is 0 Å². The molecule has 2 heterocycles. The Morgan fingerprint density at radius 3 is 2.69 bits per heavy atom. The number of rotatable bonds is 2. The monoisotopic (exact) mass is 179 g/mol. The van der Waals surface area contributed by atoms with E-state index in [2.05, 4.69) is 34.0 Å². The van der Waals surface area contributed by atoms with Gasteiger partial charge in [-0.3, -0.25) is 4.90 Å². The van der Waals surface area contributed by atoms with Gasteiger partial charge in [-0.05, 0) is 19.2 Å². The summed E-state index contributed by atoms with van der Waals surface area (Å²) in [5.74, 6) is 0. The molecule has 1 N–H and O–H groups in total. The van der Waals surface area contributed by atoms with Gasteiger partial charge in [0.1, 0.15) is 0 Å². The highest BCUT2D eigenvalue weighted by Crippen LogP contribution is 2.05. The van der Waals surface area contributed by atoms with Gasteiger partial charge >= 0.3 is 0 Å². The van der Waals surface area contributed by atoms with Crippen LogP contribution in [0.15, 0.2) is 18.3 Å². The van der Waals surface area contributed by atoms with Crippen LogP contribution in [0.25, 0.3) is 0 Å². The number of hydrogen-bond donors (Lipinski definition) is 1. The van der Waals surface area contributed by atoms with Crippen molar-refractivity contribution in [2.75, 3.05) is 33.2 Å². The third-order valence-corrected chi connectivity index (χ3v) is 2.65. The minimum Gasteiger partial charge on any atom is -0.364 e. The third kappa shape index (κ3) is 2.32. The molecule has 1 saturated heterocycles. The van der Waals surface area contributed by atoms with Gasteiger partial charge < -0.3 is 9.88 Å². The molecule has 0 aliphatic carbocycles. The molecule has 3 nitrogen and oxygen atoms in total. The molecular weight excluding hydrogens is 162 g/mol. The van der Waals surface area contributed by atoms with E-state index in [1.54, 1.807) is 0 Å². The summed E-state index contributed by atoms with van der Waals surface area (Å²) in [5, 5.41) is 0. The Balaban J connectivity index is 1.83. The molecule has 1 aromatic heterocycles. The van der Waals surface area contributed by atoms with Crippen LogP contribution >= 0.6 is 0 Å². The number of H-pyrrole nitrogens is 1. The zero-order valence-corrected chi connectivity index (χ0v) is 8.16. The van der Waals surface area contributed by atoms with E-state index in [4.69, 9.17) is 0 Å². The lowest BCUT2D eigenvalue weighted by Gasteiger charge is -2.31. The fourth-order valence-electron chi connectivity index (χ4n) is 1.71. The molecular formula is C10H17N3. The van der Waals surface area contributed by atoms with Crippen molar-refractivity contribution >= 4 is 0 Å². The van der Waals surface area contributed by atoms with Crippen LogP contribution in [-0.2, 0) is 6.54 Å². The zero-order valence-electron chi connectivity index (χ0n) is 8.16. The SMILES string of the molecule is CN1CCN(Cc2ccc[nH]2)CC1. The molecule has 1 aliphatic heterocycles. The second-order valence-electron chi connectivity index (χ2n) is 3.77. The topological polar surface area (TPSA) is 22.3 Å². The van der Waals surface area contributed by atoms with E-state index >= 15 is 0 Å². The maximum Gasteiger partial charge on any atom is 0.0386 e. The molecule has 0 saturated carbocycles. The first-order valence-corrected chi connectivity index (χ1v) is 4.88. The van der Waals surface area contributed by atoms with E-state index in [9.17, 15) is 0 Å². The first-order chi connectivity index (χ1) is 6.34. The average molecular weight is 179 g/mol. The molecule has 0 spiro atoms. The molecule has 0 bridgehead atoms. The van der Waals surface area contributed by atoms with Crippen LogP contribution in [0, 0.1) is 0 Å². The maximum absolute atomic E-state index is 3.24. The van der Waals surface area contributed by atoms with Gasteiger partial charge in [-0.25, -0.2) is 0 Å². The molecule has 3 heteroatoms. The minimum atomic E-state index is 1.07. The van der Waals surface area contributed by atoms with Gasteiger partial charge in [-0.1, -0.05) is 0 Å². The normalized spacial score (nSPS) is 20.7. The van der Waals surface area contributed by atoms with Crippen molar-refractivity contribution in [1.29, 1.82) is 0 Å². The Morgan fingerprint density at radius 1 is 1.31 bits per heavy atom. The molecule has 13 heavy (non-hydrogen) atoms. The lowest BCUT2D eigenvalue weighted by molar-refractivity contribution is 0.147. The fraction of sp³-hybridized carbons (Fsp3) is 0.600. The number of aromatic amines is 1. The first-order valence-electron chi connectivity index (χ1n) is 4.88. The number of aromatic nitrogens is 1. The highest BCUT2D eigenvalue weighted by atomic mass is 15.2. The van der Waals surface area contributed by atoms with Crippen LogP contribution in [-0.4, -0.2) is 48.0 Å². The quantitative estimate of drug-likeness (QED) is 0.724. The van der Waals surface area contributed by atoms with E-state index < -0.39 is 0 Å². The third-order valence-electron chi connectivity index (χ3n) is 2.65. The van der Waals surface area contributed by atoms with Crippen molar-refractivity contribution in [1.82, 2.24) is 14.8 Å². The van der Waals surface area contributed by atoms with Crippen LogP contribution in [0.2, 0.25) is 0 Å². The number of hydrogen-bond acceptors (Lipinski definition) is 2. The maximum atomic E-state index is 3.24. The second-order valence-corrected chi connectivity index (χ2v) is 3.77. The van der Waals surface area contributed by atoms with E-state index in [0.717, 1.165) is 6.54 Å². The number of piperazine rings is 1. The molecule has 0 aromatic carbocycles. The predicted molar refractivity (Wildman–Crippen MR) is 53.6 cm³/mol. The Morgan fingerprint density at radius 2 is 2.08 bits per heavy atom. The summed E-state index contributed by atoms with van der Waals surface area (Å²) in [6.45, 7) is 5.84. The summed E-state index contributed by atoms with van der Waals surface area (Å²) >= 11 is 0. The molecule has 1 aromatic rings. The highest BCUT2D eigenvalue weighted by molar-refractivity contribution is 5.03. The number of nitrogens with one attached hydrogen (secondary N) is 1. The minimum absolute atomic E-state index is 1.07. The van der Waals surface area contributed by atoms with Gasteiger partial charge in [0.05, 0.1) is 0 Å². The fourth-order valence-corrected chi connectivity index (χ4v) is 1.71. The van der Waals surface area contributed by atoms with Gasteiger partial charge in [0.15, 0.2) is 0 Å².